The molecule has 1 aliphatic carbocycles. The van der Waals surface area contributed by atoms with Crippen molar-refractivity contribution in [2.24, 2.45) is 0 Å². The minimum atomic E-state index is 0.331. The van der Waals surface area contributed by atoms with E-state index in [0.717, 1.165) is 23.8 Å². The van der Waals surface area contributed by atoms with Crippen molar-refractivity contribution >= 4 is 5.69 Å². The van der Waals surface area contributed by atoms with Gasteiger partial charge in [-0.15, -0.1) is 0 Å². The Morgan fingerprint density at radius 3 is 2.72 bits per heavy atom. The summed E-state index contributed by atoms with van der Waals surface area (Å²) in [6.07, 6.45) is 3.45. The highest BCUT2D eigenvalue weighted by Crippen LogP contribution is 2.38. The Kier molecular flexibility index (Phi) is 2.78. The first-order valence-corrected chi connectivity index (χ1v) is 6.49. The number of aromatic amines is 1. The number of benzene rings is 1. The van der Waals surface area contributed by atoms with Crippen LogP contribution in [-0.2, 0) is 6.42 Å². The maximum atomic E-state index is 5.68. The minimum absolute atomic E-state index is 0.331. The van der Waals surface area contributed by atoms with Gasteiger partial charge in [0.2, 0.25) is 0 Å². The van der Waals surface area contributed by atoms with E-state index in [4.69, 9.17) is 5.73 Å². The highest BCUT2D eigenvalue weighted by atomic mass is 15.2. The van der Waals surface area contributed by atoms with Crippen LogP contribution in [0, 0.1) is 0 Å². The van der Waals surface area contributed by atoms with Crippen LogP contribution in [0.25, 0.3) is 0 Å². The topological polar surface area (TPSA) is 67.6 Å². The average molecular weight is 242 g/mol. The summed E-state index contributed by atoms with van der Waals surface area (Å²) in [4.78, 5) is 4.59. The van der Waals surface area contributed by atoms with E-state index in [2.05, 4.69) is 34.2 Å². The second kappa shape index (κ2) is 4.44. The molecular formula is C14H18N4. The molecule has 4 heteroatoms. The number of nitrogens with two attached hydrogens (primary N) is 1. The molecule has 1 aromatic carbocycles. The molecule has 1 aliphatic rings. The molecule has 3 N–H and O–H groups in total. The monoisotopic (exact) mass is 242 g/mol. The Balaban J connectivity index is 1.69. The summed E-state index contributed by atoms with van der Waals surface area (Å²) in [5, 5.41) is 7.39. The summed E-state index contributed by atoms with van der Waals surface area (Å²) in [6, 6.07) is 8.02. The van der Waals surface area contributed by atoms with Gasteiger partial charge in [-0.3, -0.25) is 5.10 Å². The zero-order valence-electron chi connectivity index (χ0n) is 10.6. The van der Waals surface area contributed by atoms with Crippen LogP contribution in [0.5, 0.6) is 0 Å². The first-order valence-electron chi connectivity index (χ1n) is 6.49. The van der Waals surface area contributed by atoms with E-state index in [9.17, 15) is 0 Å². The standard InChI is InChI=1S/C14H18N4/c1-9(8-10-2-6-12(15)7-3-10)13-16-14(18-17-13)11-4-5-11/h2-3,6-7,9,11H,4-5,8,15H2,1H3,(H,16,17,18). The molecule has 1 saturated carbocycles. The fourth-order valence-corrected chi connectivity index (χ4v) is 2.15. The third kappa shape index (κ3) is 2.37. The molecule has 1 fully saturated rings. The molecule has 1 heterocycles. The summed E-state index contributed by atoms with van der Waals surface area (Å²) >= 11 is 0. The second-order valence-electron chi connectivity index (χ2n) is 5.20. The summed E-state index contributed by atoms with van der Waals surface area (Å²) in [6.45, 7) is 2.16. The van der Waals surface area contributed by atoms with Crippen molar-refractivity contribution in [3.8, 4) is 0 Å². The maximum Gasteiger partial charge on any atom is 0.153 e. The zero-order valence-corrected chi connectivity index (χ0v) is 10.6. The van der Waals surface area contributed by atoms with Gasteiger partial charge in [0.05, 0.1) is 0 Å². The molecule has 1 aromatic heterocycles. The van der Waals surface area contributed by atoms with Crippen molar-refractivity contribution in [1.82, 2.24) is 15.2 Å². The number of nitrogens with zero attached hydrogens (tertiary/aromatic N) is 2. The largest absolute Gasteiger partial charge is 0.399 e. The Labute approximate surface area is 107 Å². The molecule has 1 atom stereocenters. The highest BCUT2D eigenvalue weighted by molar-refractivity contribution is 5.39. The number of aromatic nitrogens is 3. The maximum absolute atomic E-state index is 5.68. The van der Waals surface area contributed by atoms with Crippen LogP contribution in [0.4, 0.5) is 5.69 Å². The molecule has 0 spiro atoms. The molecule has 3 rings (SSSR count). The van der Waals surface area contributed by atoms with E-state index in [1.807, 2.05) is 12.1 Å². The van der Waals surface area contributed by atoms with Crippen LogP contribution >= 0.6 is 0 Å². The van der Waals surface area contributed by atoms with E-state index in [1.165, 1.54) is 18.4 Å². The van der Waals surface area contributed by atoms with Crippen molar-refractivity contribution in [1.29, 1.82) is 0 Å². The summed E-state index contributed by atoms with van der Waals surface area (Å²) in [7, 11) is 0. The number of nitrogen functional groups attached to an aromatic ring is 1. The Hall–Kier alpha value is -1.84. The predicted octanol–water partition coefficient (Wildman–Crippen LogP) is 2.61. The first-order chi connectivity index (χ1) is 8.72. The third-order valence-electron chi connectivity index (χ3n) is 3.45. The second-order valence-corrected chi connectivity index (χ2v) is 5.20. The molecule has 1 unspecified atom stereocenters. The van der Waals surface area contributed by atoms with Gasteiger partial charge in [0.25, 0.3) is 0 Å². The van der Waals surface area contributed by atoms with Gasteiger partial charge < -0.3 is 5.73 Å². The van der Waals surface area contributed by atoms with E-state index in [1.54, 1.807) is 0 Å². The molecule has 18 heavy (non-hydrogen) atoms. The number of hydrogen-bond acceptors (Lipinski definition) is 3. The van der Waals surface area contributed by atoms with E-state index >= 15 is 0 Å². The fourth-order valence-electron chi connectivity index (χ4n) is 2.15. The summed E-state index contributed by atoms with van der Waals surface area (Å²) in [5.74, 6) is 2.95. The van der Waals surface area contributed by atoms with Crippen molar-refractivity contribution in [2.75, 3.05) is 5.73 Å². The first kappa shape index (κ1) is 11.3. The molecule has 0 saturated heterocycles. The lowest BCUT2D eigenvalue weighted by Crippen LogP contribution is -2.01. The van der Waals surface area contributed by atoms with Gasteiger partial charge in [-0.1, -0.05) is 19.1 Å². The number of anilines is 1. The number of rotatable bonds is 4. The van der Waals surface area contributed by atoms with Crippen LogP contribution in [0.15, 0.2) is 24.3 Å². The summed E-state index contributed by atoms with van der Waals surface area (Å²) in [5.41, 5.74) is 7.76. The Morgan fingerprint density at radius 2 is 2.06 bits per heavy atom. The van der Waals surface area contributed by atoms with E-state index in [-0.39, 0.29) is 0 Å². The van der Waals surface area contributed by atoms with E-state index in [0.29, 0.717) is 11.8 Å². The molecule has 0 bridgehead atoms. The Bertz CT molecular complexity index is 525. The number of nitrogens with one attached hydrogen (secondary N) is 1. The van der Waals surface area contributed by atoms with Crippen LogP contribution < -0.4 is 5.73 Å². The van der Waals surface area contributed by atoms with Gasteiger partial charge >= 0.3 is 0 Å². The molecule has 0 aliphatic heterocycles. The van der Waals surface area contributed by atoms with Gasteiger partial charge in [-0.25, -0.2) is 4.98 Å². The van der Waals surface area contributed by atoms with Crippen molar-refractivity contribution in [3.05, 3.63) is 41.5 Å². The van der Waals surface area contributed by atoms with Gasteiger partial charge in [-0.2, -0.15) is 5.10 Å². The zero-order chi connectivity index (χ0) is 12.5. The molecule has 0 radical (unpaired) electrons. The van der Waals surface area contributed by atoms with Crippen molar-refractivity contribution in [3.63, 3.8) is 0 Å². The lowest BCUT2D eigenvalue weighted by Gasteiger charge is -2.07. The van der Waals surface area contributed by atoms with Crippen LogP contribution in [0.3, 0.4) is 0 Å². The van der Waals surface area contributed by atoms with Gasteiger partial charge in [0.1, 0.15) is 5.82 Å². The molecule has 4 nitrogen and oxygen atoms in total. The molecule has 94 valence electrons. The Morgan fingerprint density at radius 1 is 1.33 bits per heavy atom. The summed E-state index contributed by atoms with van der Waals surface area (Å²) < 4.78 is 0. The van der Waals surface area contributed by atoms with Crippen molar-refractivity contribution < 1.29 is 0 Å². The highest BCUT2D eigenvalue weighted by Gasteiger charge is 2.27. The minimum Gasteiger partial charge on any atom is -0.399 e. The lowest BCUT2D eigenvalue weighted by atomic mass is 10.0. The normalized spacial score (nSPS) is 16.7. The number of H-pyrrole nitrogens is 1. The van der Waals surface area contributed by atoms with Gasteiger partial charge in [-0.05, 0) is 37.0 Å². The van der Waals surface area contributed by atoms with Gasteiger partial charge in [0.15, 0.2) is 5.82 Å². The number of hydrogen-bond donors (Lipinski definition) is 2. The predicted molar refractivity (Wildman–Crippen MR) is 71.3 cm³/mol. The SMILES string of the molecule is CC(Cc1ccc(N)cc1)c1n[nH]c(C2CC2)n1. The molecular weight excluding hydrogens is 224 g/mol. The van der Waals surface area contributed by atoms with E-state index < -0.39 is 0 Å². The molecule has 0 amide bonds. The van der Waals surface area contributed by atoms with Crippen LogP contribution in [0.1, 0.15) is 48.8 Å². The quantitative estimate of drug-likeness (QED) is 0.810. The van der Waals surface area contributed by atoms with Crippen LogP contribution in [0.2, 0.25) is 0 Å². The van der Waals surface area contributed by atoms with Crippen molar-refractivity contribution in [2.45, 2.75) is 38.0 Å². The van der Waals surface area contributed by atoms with Gasteiger partial charge in [0, 0.05) is 17.5 Å². The average Bonchev–Trinajstić information content (AvgIpc) is 3.10. The molecule has 2 aromatic rings. The van der Waals surface area contributed by atoms with Crippen LogP contribution in [-0.4, -0.2) is 15.2 Å². The lowest BCUT2D eigenvalue weighted by molar-refractivity contribution is 0.702. The smallest absolute Gasteiger partial charge is 0.153 e. The third-order valence-corrected chi connectivity index (χ3v) is 3.45. The fraction of sp³-hybridized carbons (Fsp3) is 0.429.